The van der Waals surface area contributed by atoms with Crippen LogP contribution < -0.4 is 15.5 Å². The number of ether oxygens (including phenoxy) is 1. The van der Waals surface area contributed by atoms with E-state index in [0.717, 1.165) is 16.5 Å². The highest BCUT2D eigenvalue weighted by molar-refractivity contribution is 5.92. The largest absolute Gasteiger partial charge is 0.491 e. The molecule has 6 nitrogen and oxygen atoms in total. The van der Waals surface area contributed by atoms with Crippen LogP contribution in [0.2, 0.25) is 0 Å². The predicted molar refractivity (Wildman–Crippen MR) is 92.6 cm³/mol. The first kappa shape index (κ1) is 15.9. The van der Waals surface area contributed by atoms with Crippen molar-refractivity contribution in [2.45, 2.75) is 6.42 Å². The summed E-state index contributed by atoms with van der Waals surface area (Å²) in [5.41, 5.74) is 2.23. The van der Waals surface area contributed by atoms with Gasteiger partial charge in [-0.15, -0.1) is 0 Å². The third-order valence-corrected chi connectivity index (χ3v) is 4.01. The summed E-state index contributed by atoms with van der Waals surface area (Å²) < 4.78 is 6.55. The summed E-state index contributed by atoms with van der Waals surface area (Å²) >= 11 is 0. The summed E-state index contributed by atoms with van der Waals surface area (Å²) in [4.78, 5) is 27.3. The van der Waals surface area contributed by atoms with Crippen molar-refractivity contribution in [3.05, 3.63) is 64.2 Å². The minimum absolute atomic E-state index is 0.216. The molecule has 0 aliphatic rings. The van der Waals surface area contributed by atoms with Crippen LogP contribution in [0.1, 0.15) is 16.1 Å². The van der Waals surface area contributed by atoms with Crippen molar-refractivity contribution in [2.75, 3.05) is 13.7 Å². The second-order valence-electron chi connectivity index (χ2n) is 5.57. The van der Waals surface area contributed by atoms with E-state index >= 15 is 0 Å². The van der Waals surface area contributed by atoms with Gasteiger partial charge in [0.1, 0.15) is 5.69 Å². The van der Waals surface area contributed by atoms with E-state index in [1.807, 2.05) is 24.4 Å². The Labute approximate surface area is 139 Å². The SMILES string of the molecule is COc1cn(C)c(C(=O)NCCc2c[nH]c3ccccc23)cc1=O. The number of aromatic nitrogens is 2. The van der Waals surface area contributed by atoms with E-state index in [0.29, 0.717) is 18.7 Å². The summed E-state index contributed by atoms with van der Waals surface area (Å²) in [7, 11) is 3.13. The standard InChI is InChI=1S/C18H19N3O3/c1-21-11-17(24-2)16(22)9-15(21)18(23)19-8-7-12-10-20-14-6-4-3-5-13(12)14/h3-6,9-11,20H,7-8H2,1-2H3,(H,19,23). The quantitative estimate of drug-likeness (QED) is 0.751. The lowest BCUT2D eigenvalue weighted by atomic mass is 10.1. The maximum absolute atomic E-state index is 12.3. The van der Waals surface area contributed by atoms with Crippen LogP contribution in [0.4, 0.5) is 0 Å². The number of H-pyrrole nitrogens is 1. The monoisotopic (exact) mass is 325 g/mol. The molecule has 0 spiro atoms. The van der Waals surface area contributed by atoms with Crippen molar-refractivity contribution in [1.29, 1.82) is 0 Å². The molecule has 0 unspecified atom stereocenters. The molecule has 0 aliphatic heterocycles. The minimum Gasteiger partial charge on any atom is -0.491 e. The molecule has 1 amide bonds. The predicted octanol–water partition coefficient (Wildman–Crippen LogP) is 1.85. The molecular formula is C18H19N3O3. The number of pyridine rings is 1. The normalized spacial score (nSPS) is 10.8. The molecule has 124 valence electrons. The van der Waals surface area contributed by atoms with Gasteiger partial charge in [-0.1, -0.05) is 18.2 Å². The highest BCUT2D eigenvalue weighted by Gasteiger charge is 2.12. The Morgan fingerprint density at radius 2 is 2.12 bits per heavy atom. The number of benzene rings is 1. The Morgan fingerprint density at radius 1 is 1.33 bits per heavy atom. The number of fused-ring (bicyclic) bond motifs is 1. The fourth-order valence-electron chi connectivity index (χ4n) is 2.72. The van der Waals surface area contributed by atoms with Gasteiger partial charge in [0.05, 0.1) is 13.3 Å². The van der Waals surface area contributed by atoms with Crippen LogP contribution in [0.5, 0.6) is 5.75 Å². The number of hydrogen-bond donors (Lipinski definition) is 2. The summed E-state index contributed by atoms with van der Waals surface area (Å²) in [6.07, 6.45) is 4.18. The van der Waals surface area contributed by atoms with E-state index < -0.39 is 0 Å². The van der Waals surface area contributed by atoms with Gasteiger partial charge in [0, 0.05) is 36.8 Å². The zero-order chi connectivity index (χ0) is 17.1. The van der Waals surface area contributed by atoms with E-state index in [9.17, 15) is 9.59 Å². The third-order valence-electron chi connectivity index (χ3n) is 4.01. The lowest BCUT2D eigenvalue weighted by molar-refractivity contribution is 0.0945. The van der Waals surface area contributed by atoms with Crippen LogP contribution in [-0.2, 0) is 13.5 Å². The second kappa shape index (κ2) is 6.62. The lowest BCUT2D eigenvalue weighted by Gasteiger charge is -2.10. The molecule has 6 heteroatoms. The van der Waals surface area contributed by atoms with Gasteiger partial charge < -0.3 is 19.6 Å². The first-order valence-electron chi connectivity index (χ1n) is 7.68. The third kappa shape index (κ3) is 3.03. The van der Waals surface area contributed by atoms with Crippen molar-refractivity contribution in [3.63, 3.8) is 0 Å². The van der Waals surface area contributed by atoms with Crippen molar-refractivity contribution in [2.24, 2.45) is 7.05 Å². The topological polar surface area (TPSA) is 76.1 Å². The Hall–Kier alpha value is -3.02. The number of nitrogens with zero attached hydrogens (tertiary/aromatic N) is 1. The molecule has 0 atom stereocenters. The highest BCUT2D eigenvalue weighted by atomic mass is 16.5. The zero-order valence-electron chi connectivity index (χ0n) is 13.6. The number of aryl methyl sites for hydroxylation is 1. The van der Waals surface area contributed by atoms with Gasteiger partial charge in [-0.2, -0.15) is 0 Å². The molecule has 0 saturated carbocycles. The first-order chi connectivity index (χ1) is 11.6. The zero-order valence-corrected chi connectivity index (χ0v) is 13.6. The molecule has 0 bridgehead atoms. The molecule has 3 rings (SSSR count). The number of carbonyl (C=O) groups is 1. The lowest BCUT2D eigenvalue weighted by Crippen LogP contribution is -2.29. The fourth-order valence-corrected chi connectivity index (χ4v) is 2.72. The van der Waals surface area contributed by atoms with E-state index in [1.54, 1.807) is 11.6 Å². The molecule has 0 aliphatic carbocycles. The van der Waals surface area contributed by atoms with Crippen molar-refractivity contribution in [3.8, 4) is 5.75 Å². The first-order valence-corrected chi connectivity index (χ1v) is 7.68. The van der Waals surface area contributed by atoms with Gasteiger partial charge in [-0.3, -0.25) is 9.59 Å². The minimum atomic E-state index is -0.308. The van der Waals surface area contributed by atoms with E-state index in [2.05, 4.69) is 16.4 Å². The van der Waals surface area contributed by atoms with Crippen molar-refractivity contribution in [1.82, 2.24) is 14.9 Å². The molecule has 2 heterocycles. The van der Waals surface area contributed by atoms with Gasteiger partial charge in [0.25, 0.3) is 5.91 Å². The van der Waals surface area contributed by atoms with Crippen LogP contribution in [0.25, 0.3) is 10.9 Å². The molecule has 0 saturated heterocycles. The van der Waals surface area contributed by atoms with Gasteiger partial charge in [-0.25, -0.2) is 0 Å². The van der Waals surface area contributed by atoms with Crippen molar-refractivity contribution >= 4 is 16.8 Å². The summed E-state index contributed by atoms with van der Waals surface area (Å²) in [5.74, 6) is -0.0649. The van der Waals surface area contributed by atoms with Crippen LogP contribution in [0, 0.1) is 0 Å². The number of rotatable bonds is 5. The number of nitrogens with one attached hydrogen (secondary N) is 2. The number of aromatic amines is 1. The van der Waals surface area contributed by atoms with E-state index in [4.69, 9.17) is 4.74 Å². The van der Waals surface area contributed by atoms with E-state index in [-0.39, 0.29) is 17.1 Å². The molecule has 3 aromatic rings. The Balaban J connectivity index is 1.68. The van der Waals surface area contributed by atoms with Crippen LogP contribution in [-0.4, -0.2) is 29.1 Å². The number of hydrogen-bond acceptors (Lipinski definition) is 3. The smallest absolute Gasteiger partial charge is 0.268 e. The van der Waals surface area contributed by atoms with Gasteiger partial charge in [0.15, 0.2) is 5.75 Å². The van der Waals surface area contributed by atoms with Gasteiger partial charge in [0.2, 0.25) is 5.43 Å². The average Bonchev–Trinajstić information content (AvgIpc) is 3.00. The molecule has 2 aromatic heterocycles. The molecule has 24 heavy (non-hydrogen) atoms. The maximum Gasteiger partial charge on any atom is 0.268 e. The van der Waals surface area contributed by atoms with Crippen LogP contribution in [0.3, 0.4) is 0 Å². The van der Waals surface area contributed by atoms with E-state index in [1.165, 1.54) is 19.4 Å². The molecule has 1 aromatic carbocycles. The van der Waals surface area contributed by atoms with Crippen molar-refractivity contribution < 1.29 is 9.53 Å². The van der Waals surface area contributed by atoms with Gasteiger partial charge in [-0.05, 0) is 18.1 Å². The summed E-state index contributed by atoms with van der Waals surface area (Å²) in [6, 6.07) is 9.33. The molecule has 0 fully saturated rings. The number of amides is 1. The molecular weight excluding hydrogens is 306 g/mol. The Bertz CT molecular complexity index is 940. The number of carbonyl (C=O) groups excluding carboxylic acids is 1. The molecule has 0 radical (unpaired) electrons. The van der Waals surface area contributed by atoms with Crippen LogP contribution >= 0.6 is 0 Å². The highest BCUT2D eigenvalue weighted by Crippen LogP contribution is 2.17. The summed E-state index contributed by atoms with van der Waals surface area (Å²) in [6.45, 7) is 0.487. The Kier molecular flexibility index (Phi) is 4.37. The van der Waals surface area contributed by atoms with Crippen LogP contribution in [0.15, 0.2) is 47.5 Å². The molecule has 2 N–H and O–H groups in total. The average molecular weight is 325 g/mol. The fraction of sp³-hybridized carbons (Fsp3) is 0.222. The second-order valence-corrected chi connectivity index (χ2v) is 5.57. The summed E-state index contributed by atoms with van der Waals surface area (Å²) in [5, 5.41) is 4.01. The number of methoxy groups -OCH3 is 1. The van der Waals surface area contributed by atoms with Gasteiger partial charge >= 0.3 is 0 Å². The number of para-hydroxylation sites is 1. The Morgan fingerprint density at radius 3 is 2.92 bits per heavy atom. The maximum atomic E-state index is 12.3.